The van der Waals surface area contributed by atoms with Gasteiger partial charge in [0.25, 0.3) is 11.8 Å². The number of nitrogens with zero attached hydrogens (tertiary/aromatic N) is 1. The van der Waals surface area contributed by atoms with Crippen molar-refractivity contribution in [2.24, 2.45) is 0 Å². The normalized spacial score (nSPS) is 14.1. The molecule has 2 amide bonds. The minimum absolute atomic E-state index is 0.199. The molecule has 1 aromatic heterocycles. The molecule has 32 heavy (non-hydrogen) atoms. The van der Waals surface area contributed by atoms with Crippen LogP contribution in [0.1, 0.15) is 16.7 Å². The zero-order chi connectivity index (χ0) is 21.9. The van der Waals surface area contributed by atoms with Crippen molar-refractivity contribution >= 4 is 40.1 Å². The number of thioether (sulfide) groups is 1. The van der Waals surface area contributed by atoms with Crippen LogP contribution in [0.2, 0.25) is 0 Å². The van der Waals surface area contributed by atoms with Crippen LogP contribution in [0.15, 0.2) is 96.0 Å². The van der Waals surface area contributed by atoms with Gasteiger partial charge in [-0.1, -0.05) is 78.9 Å². The van der Waals surface area contributed by atoms with Crippen LogP contribution in [-0.2, 0) is 21.8 Å². The molecular formula is C27H22N2O2S. The molecule has 0 fully saturated rings. The summed E-state index contributed by atoms with van der Waals surface area (Å²) in [6.45, 7) is 0.352. The van der Waals surface area contributed by atoms with E-state index in [-0.39, 0.29) is 11.8 Å². The molecule has 3 aromatic carbocycles. The van der Waals surface area contributed by atoms with Crippen molar-refractivity contribution in [1.29, 1.82) is 0 Å². The molecule has 0 bridgehead atoms. The van der Waals surface area contributed by atoms with Crippen LogP contribution in [0, 0.1) is 0 Å². The van der Waals surface area contributed by atoms with Crippen molar-refractivity contribution in [1.82, 2.24) is 9.88 Å². The summed E-state index contributed by atoms with van der Waals surface area (Å²) in [6, 6.07) is 27.6. The molecule has 0 unspecified atom stereocenters. The highest BCUT2D eigenvalue weighted by molar-refractivity contribution is 8.03. The minimum Gasteiger partial charge on any atom is -0.361 e. The molecule has 2 heterocycles. The molecule has 5 heteroatoms. The summed E-state index contributed by atoms with van der Waals surface area (Å²) in [6.07, 6.45) is 2.58. The van der Waals surface area contributed by atoms with Crippen molar-refractivity contribution in [2.45, 2.75) is 12.2 Å². The maximum atomic E-state index is 13.4. The van der Waals surface area contributed by atoms with E-state index in [9.17, 15) is 9.59 Å². The topological polar surface area (TPSA) is 53.2 Å². The van der Waals surface area contributed by atoms with E-state index in [1.807, 2.05) is 85.1 Å². The first-order chi connectivity index (χ1) is 15.7. The second kappa shape index (κ2) is 8.89. The lowest BCUT2D eigenvalue weighted by Gasteiger charge is -2.15. The van der Waals surface area contributed by atoms with Crippen LogP contribution in [0.4, 0.5) is 0 Å². The highest BCUT2D eigenvalue weighted by Gasteiger charge is 2.38. The molecule has 4 nitrogen and oxygen atoms in total. The average Bonchev–Trinajstić information content (AvgIpc) is 3.35. The van der Waals surface area contributed by atoms with Gasteiger partial charge in [-0.15, -0.1) is 11.8 Å². The predicted molar refractivity (Wildman–Crippen MR) is 130 cm³/mol. The molecule has 5 rings (SSSR count). The molecule has 0 atom stereocenters. The van der Waals surface area contributed by atoms with Crippen LogP contribution >= 0.6 is 11.8 Å². The summed E-state index contributed by atoms with van der Waals surface area (Å²) in [5.74, 6) is 0.230. The summed E-state index contributed by atoms with van der Waals surface area (Å²) in [4.78, 5) is 31.9. The maximum absolute atomic E-state index is 13.4. The van der Waals surface area contributed by atoms with Crippen LogP contribution in [0.3, 0.4) is 0 Å². The predicted octanol–water partition coefficient (Wildman–Crippen LogP) is 5.42. The molecule has 158 valence electrons. The lowest BCUT2D eigenvalue weighted by molar-refractivity contribution is -0.136. The summed E-state index contributed by atoms with van der Waals surface area (Å²) in [5, 5.41) is 1.13. The summed E-state index contributed by atoms with van der Waals surface area (Å²) in [5.41, 5.74) is 4.58. The van der Waals surface area contributed by atoms with E-state index in [2.05, 4.69) is 11.1 Å². The van der Waals surface area contributed by atoms with Crippen LogP contribution < -0.4 is 0 Å². The molecule has 4 aromatic rings. The Labute approximate surface area is 191 Å². The molecule has 0 saturated carbocycles. The third kappa shape index (κ3) is 3.87. The number of para-hydroxylation sites is 1. The lowest BCUT2D eigenvalue weighted by atomic mass is 10.1. The first-order valence-corrected chi connectivity index (χ1v) is 11.6. The Balaban J connectivity index is 1.41. The number of aromatic amines is 1. The zero-order valence-electron chi connectivity index (χ0n) is 17.5. The Morgan fingerprint density at radius 2 is 1.47 bits per heavy atom. The Bertz CT molecular complexity index is 1310. The number of benzene rings is 3. The second-order valence-electron chi connectivity index (χ2n) is 7.72. The van der Waals surface area contributed by atoms with Gasteiger partial charge in [-0.05, 0) is 29.2 Å². The Morgan fingerprint density at radius 3 is 2.25 bits per heavy atom. The van der Waals surface area contributed by atoms with Gasteiger partial charge in [0.1, 0.15) is 0 Å². The quantitative estimate of drug-likeness (QED) is 0.392. The van der Waals surface area contributed by atoms with Crippen LogP contribution in [-0.4, -0.2) is 28.2 Å². The number of fused-ring (bicyclic) bond motifs is 1. The van der Waals surface area contributed by atoms with E-state index in [0.717, 1.165) is 27.6 Å². The van der Waals surface area contributed by atoms with Gasteiger partial charge in [0.2, 0.25) is 0 Å². The third-order valence-corrected chi connectivity index (χ3v) is 6.84. The standard InChI is InChI=1S/C27H22N2O2S/c30-26-24(20-11-5-2-6-12-20)25(32-18-19-9-3-1-4-10-19)27(31)29(26)16-15-21-17-28-23-14-8-7-13-22(21)23/h1-14,17,28H,15-16,18H2. The molecule has 0 spiro atoms. The van der Waals surface area contributed by atoms with Crippen molar-refractivity contribution in [3.63, 3.8) is 0 Å². The van der Waals surface area contributed by atoms with Gasteiger partial charge >= 0.3 is 0 Å². The van der Waals surface area contributed by atoms with Gasteiger partial charge in [-0.2, -0.15) is 0 Å². The maximum Gasteiger partial charge on any atom is 0.268 e. The molecule has 0 saturated heterocycles. The molecular weight excluding hydrogens is 416 g/mol. The summed E-state index contributed by atoms with van der Waals surface area (Å²) in [7, 11) is 0. The number of hydrogen-bond donors (Lipinski definition) is 1. The third-order valence-electron chi connectivity index (χ3n) is 5.69. The number of imide groups is 1. The summed E-state index contributed by atoms with van der Waals surface area (Å²) < 4.78 is 0. The van der Waals surface area contributed by atoms with E-state index >= 15 is 0 Å². The number of amides is 2. The van der Waals surface area contributed by atoms with Crippen LogP contribution in [0.25, 0.3) is 16.5 Å². The average molecular weight is 439 g/mol. The molecule has 0 aliphatic carbocycles. The second-order valence-corrected chi connectivity index (χ2v) is 8.70. The Morgan fingerprint density at radius 1 is 0.781 bits per heavy atom. The van der Waals surface area contributed by atoms with E-state index in [1.165, 1.54) is 16.7 Å². The van der Waals surface area contributed by atoms with E-state index in [1.54, 1.807) is 0 Å². The Hall–Kier alpha value is -3.57. The van der Waals surface area contributed by atoms with Crippen molar-refractivity contribution in [3.8, 4) is 0 Å². The first kappa shape index (κ1) is 20.3. The number of H-pyrrole nitrogens is 1. The van der Waals surface area contributed by atoms with Crippen molar-refractivity contribution in [3.05, 3.63) is 113 Å². The first-order valence-electron chi connectivity index (χ1n) is 10.6. The van der Waals surface area contributed by atoms with Gasteiger partial charge in [0.15, 0.2) is 0 Å². The fourth-order valence-corrected chi connectivity index (χ4v) is 5.14. The minimum atomic E-state index is -0.211. The SMILES string of the molecule is O=C1C(SCc2ccccc2)=C(c2ccccc2)C(=O)N1CCc1c[nH]c2ccccc12. The Kier molecular flexibility index (Phi) is 5.65. The van der Waals surface area contributed by atoms with E-state index < -0.39 is 0 Å². The number of nitrogens with one attached hydrogen (secondary N) is 1. The fourth-order valence-electron chi connectivity index (χ4n) is 4.05. The van der Waals surface area contributed by atoms with Gasteiger partial charge in [0, 0.05) is 29.4 Å². The number of hydrogen-bond acceptors (Lipinski definition) is 3. The monoisotopic (exact) mass is 438 g/mol. The number of aromatic nitrogens is 1. The van der Waals surface area contributed by atoms with Crippen LogP contribution in [0.5, 0.6) is 0 Å². The molecule has 1 aliphatic rings. The highest BCUT2D eigenvalue weighted by atomic mass is 32.2. The van der Waals surface area contributed by atoms with Gasteiger partial charge in [-0.3, -0.25) is 14.5 Å². The van der Waals surface area contributed by atoms with Gasteiger partial charge in [0.05, 0.1) is 10.5 Å². The van der Waals surface area contributed by atoms with E-state index in [4.69, 9.17) is 0 Å². The van der Waals surface area contributed by atoms with Gasteiger partial charge < -0.3 is 4.98 Å². The molecule has 1 N–H and O–H groups in total. The van der Waals surface area contributed by atoms with Gasteiger partial charge in [-0.25, -0.2) is 0 Å². The van der Waals surface area contributed by atoms with Crippen molar-refractivity contribution < 1.29 is 9.59 Å². The van der Waals surface area contributed by atoms with E-state index in [0.29, 0.717) is 29.2 Å². The fraction of sp³-hybridized carbons (Fsp3) is 0.111. The number of carbonyl (C=O) groups is 2. The summed E-state index contributed by atoms with van der Waals surface area (Å²) >= 11 is 1.44. The largest absolute Gasteiger partial charge is 0.361 e. The lowest BCUT2D eigenvalue weighted by Crippen LogP contribution is -2.33. The van der Waals surface area contributed by atoms with Crippen molar-refractivity contribution in [2.75, 3.05) is 6.54 Å². The molecule has 0 radical (unpaired) electrons. The number of rotatable bonds is 7. The number of carbonyl (C=O) groups excluding carboxylic acids is 2. The highest BCUT2D eigenvalue weighted by Crippen LogP contribution is 2.37. The smallest absolute Gasteiger partial charge is 0.268 e. The molecule has 1 aliphatic heterocycles. The zero-order valence-corrected chi connectivity index (χ0v) is 18.3.